The summed E-state index contributed by atoms with van der Waals surface area (Å²) in [5, 5.41) is 3.35. The molecular formula is C16H15N3O5. The van der Waals surface area contributed by atoms with Gasteiger partial charge in [-0.2, -0.15) is 0 Å². The molecule has 1 fully saturated rings. The maximum absolute atomic E-state index is 12.1. The largest absolute Gasteiger partial charge is 0.423 e. The quantitative estimate of drug-likeness (QED) is 0.667. The lowest BCUT2D eigenvalue weighted by atomic mass is 10.1. The molecule has 1 saturated heterocycles. The Morgan fingerprint density at radius 1 is 1.25 bits per heavy atom. The first-order valence-electron chi connectivity index (χ1n) is 7.25. The Morgan fingerprint density at radius 3 is 2.67 bits per heavy atom. The summed E-state index contributed by atoms with van der Waals surface area (Å²) in [4.78, 5) is 49.0. The highest BCUT2D eigenvalue weighted by molar-refractivity contribution is 6.06. The molecule has 4 amide bonds. The number of hydrogen-bond acceptors (Lipinski definition) is 5. The van der Waals surface area contributed by atoms with E-state index in [1.807, 2.05) is 0 Å². The molecule has 1 N–H and O–H groups in total. The molecule has 24 heavy (non-hydrogen) atoms. The van der Waals surface area contributed by atoms with Gasteiger partial charge in [0.15, 0.2) is 0 Å². The summed E-state index contributed by atoms with van der Waals surface area (Å²) in [6.07, 6.45) is 0. The fraction of sp³-hybridized carbons (Fsp3) is 0.250. The number of carbonyl (C=O) groups excluding carboxylic acids is 3. The molecule has 3 rings (SSSR count). The first-order chi connectivity index (χ1) is 11.3. The molecule has 8 nitrogen and oxygen atoms in total. The van der Waals surface area contributed by atoms with Crippen molar-refractivity contribution >= 4 is 34.5 Å². The third kappa shape index (κ3) is 2.85. The van der Waals surface area contributed by atoms with Crippen LogP contribution >= 0.6 is 0 Å². The van der Waals surface area contributed by atoms with Gasteiger partial charge in [0.05, 0.1) is 0 Å². The fourth-order valence-corrected chi connectivity index (χ4v) is 2.57. The molecule has 1 aliphatic heterocycles. The summed E-state index contributed by atoms with van der Waals surface area (Å²) in [5.74, 6) is -0.931. The molecule has 124 valence electrons. The second-order valence-corrected chi connectivity index (χ2v) is 5.63. The van der Waals surface area contributed by atoms with Gasteiger partial charge in [0.2, 0.25) is 5.91 Å². The first kappa shape index (κ1) is 15.7. The Bertz CT molecular complexity index is 918. The maximum Gasteiger partial charge on any atom is 0.336 e. The summed E-state index contributed by atoms with van der Waals surface area (Å²) in [7, 11) is 1.49. The Balaban J connectivity index is 1.77. The van der Waals surface area contributed by atoms with Crippen LogP contribution in [0.15, 0.2) is 33.5 Å². The van der Waals surface area contributed by atoms with Gasteiger partial charge in [0.1, 0.15) is 18.7 Å². The molecule has 2 heterocycles. The zero-order valence-electron chi connectivity index (χ0n) is 13.2. The molecule has 2 aromatic rings. The van der Waals surface area contributed by atoms with Crippen LogP contribution in [0.4, 0.5) is 10.5 Å². The highest BCUT2D eigenvalue weighted by Crippen LogP contribution is 2.20. The minimum atomic E-state index is -0.513. The van der Waals surface area contributed by atoms with Gasteiger partial charge in [-0.25, -0.2) is 9.59 Å². The smallest absolute Gasteiger partial charge is 0.336 e. The van der Waals surface area contributed by atoms with Crippen LogP contribution in [0.5, 0.6) is 0 Å². The Labute approximate surface area is 136 Å². The topological polar surface area (TPSA) is 99.9 Å². The number of likely N-dealkylation sites (N-methyl/N-ethyl adjacent to an activating group) is 1. The minimum Gasteiger partial charge on any atom is -0.423 e. The van der Waals surface area contributed by atoms with E-state index in [4.69, 9.17) is 4.42 Å². The predicted molar refractivity (Wildman–Crippen MR) is 85.6 cm³/mol. The summed E-state index contributed by atoms with van der Waals surface area (Å²) in [6.45, 7) is 1.39. The highest BCUT2D eigenvalue weighted by atomic mass is 16.4. The van der Waals surface area contributed by atoms with Crippen molar-refractivity contribution < 1.29 is 18.8 Å². The van der Waals surface area contributed by atoms with Crippen LogP contribution in [0.1, 0.15) is 5.56 Å². The Morgan fingerprint density at radius 2 is 2.00 bits per heavy atom. The van der Waals surface area contributed by atoms with Gasteiger partial charge in [0.25, 0.3) is 5.91 Å². The average molecular weight is 329 g/mol. The molecule has 0 bridgehead atoms. The average Bonchev–Trinajstić information content (AvgIpc) is 2.73. The molecule has 0 saturated carbocycles. The van der Waals surface area contributed by atoms with E-state index in [9.17, 15) is 19.2 Å². The third-order valence-electron chi connectivity index (χ3n) is 3.77. The standard InChI is InChI=1S/C16H15N3O5/c1-9-5-15(22)24-12-6-10(3-4-11(9)12)17-13(20)7-19-14(21)8-18(2)16(19)23/h3-6H,7-8H2,1-2H3,(H,17,20). The molecule has 0 aliphatic carbocycles. The van der Waals surface area contributed by atoms with Gasteiger partial charge in [-0.05, 0) is 24.6 Å². The minimum absolute atomic E-state index is 0.0352. The number of anilines is 1. The van der Waals surface area contributed by atoms with Crippen molar-refractivity contribution in [3.05, 3.63) is 40.2 Å². The number of fused-ring (bicyclic) bond motifs is 1. The molecule has 1 aromatic heterocycles. The SMILES string of the molecule is Cc1cc(=O)oc2cc(NC(=O)CN3C(=O)CN(C)C3=O)ccc12. The number of carbonyl (C=O) groups is 3. The number of nitrogens with one attached hydrogen (secondary N) is 1. The van der Waals surface area contributed by atoms with Gasteiger partial charge in [-0.15, -0.1) is 0 Å². The van der Waals surface area contributed by atoms with Gasteiger partial charge in [-0.3, -0.25) is 14.5 Å². The van der Waals surface area contributed by atoms with E-state index in [1.165, 1.54) is 24.1 Å². The summed E-state index contributed by atoms with van der Waals surface area (Å²) in [6, 6.07) is 5.80. The van der Waals surface area contributed by atoms with Crippen molar-refractivity contribution in [3.63, 3.8) is 0 Å². The van der Waals surface area contributed by atoms with Crippen molar-refractivity contribution in [3.8, 4) is 0 Å². The van der Waals surface area contributed by atoms with E-state index in [0.29, 0.717) is 11.3 Å². The van der Waals surface area contributed by atoms with Crippen molar-refractivity contribution in [2.24, 2.45) is 0 Å². The number of hydrogen-bond donors (Lipinski definition) is 1. The predicted octanol–water partition coefficient (Wildman–Crippen LogP) is 0.934. The van der Waals surface area contributed by atoms with E-state index >= 15 is 0 Å². The number of rotatable bonds is 3. The normalized spacial score (nSPS) is 14.6. The zero-order chi connectivity index (χ0) is 17.4. The number of imide groups is 1. The van der Waals surface area contributed by atoms with Gasteiger partial charge < -0.3 is 14.6 Å². The molecule has 8 heteroatoms. The van der Waals surface area contributed by atoms with Crippen LogP contribution in [0, 0.1) is 6.92 Å². The second-order valence-electron chi connectivity index (χ2n) is 5.63. The number of urea groups is 1. The molecular weight excluding hydrogens is 314 g/mol. The molecule has 0 unspecified atom stereocenters. The lowest BCUT2D eigenvalue weighted by molar-refractivity contribution is -0.129. The highest BCUT2D eigenvalue weighted by Gasteiger charge is 2.34. The zero-order valence-corrected chi connectivity index (χ0v) is 13.2. The van der Waals surface area contributed by atoms with E-state index in [1.54, 1.807) is 19.1 Å². The van der Waals surface area contributed by atoms with E-state index in [2.05, 4.69) is 5.32 Å². The lowest BCUT2D eigenvalue weighted by Crippen LogP contribution is -2.38. The molecule has 0 radical (unpaired) electrons. The number of amides is 4. The number of aryl methyl sites for hydroxylation is 1. The van der Waals surface area contributed by atoms with Gasteiger partial charge in [0, 0.05) is 30.3 Å². The summed E-state index contributed by atoms with van der Waals surface area (Å²) < 4.78 is 5.11. The molecule has 0 atom stereocenters. The molecule has 1 aliphatic rings. The number of benzene rings is 1. The van der Waals surface area contributed by atoms with Crippen molar-refractivity contribution in [2.45, 2.75) is 6.92 Å². The first-order valence-corrected chi connectivity index (χ1v) is 7.25. The van der Waals surface area contributed by atoms with E-state index < -0.39 is 23.5 Å². The van der Waals surface area contributed by atoms with Crippen molar-refractivity contribution in [1.29, 1.82) is 0 Å². The van der Waals surface area contributed by atoms with Gasteiger partial charge in [-0.1, -0.05) is 0 Å². The monoisotopic (exact) mass is 329 g/mol. The van der Waals surface area contributed by atoms with Crippen LogP contribution in [0.2, 0.25) is 0 Å². The van der Waals surface area contributed by atoms with Crippen LogP contribution in [-0.4, -0.2) is 47.8 Å². The van der Waals surface area contributed by atoms with Crippen LogP contribution in [0.25, 0.3) is 11.0 Å². The lowest BCUT2D eigenvalue weighted by Gasteiger charge is -2.14. The van der Waals surface area contributed by atoms with Crippen molar-refractivity contribution in [2.75, 3.05) is 25.5 Å². The fourth-order valence-electron chi connectivity index (χ4n) is 2.57. The Kier molecular flexibility index (Phi) is 3.80. The van der Waals surface area contributed by atoms with E-state index in [-0.39, 0.29) is 13.1 Å². The summed E-state index contributed by atoms with van der Waals surface area (Å²) >= 11 is 0. The summed E-state index contributed by atoms with van der Waals surface area (Å²) in [5.41, 5.74) is 1.06. The van der Waals surface area contributed by atoms with Crippen LogP contribution in [0.3, 0.4) is 0 Å². The number of nitrogens with zero attached hydrogens (tertiary/aromatic N) is 2. The van der Waals surface area contributed by atoms with Crippen molar-refractivity contribution in [1.82, 2.24) is 9.80 Å². The third-order valence-corrected chi connectivity index (χ3v) is 3.77. The van der Waals surface area contributed by atoms with Crippen LogP contribution in [-0.2, 0) is 9.59 Å². The second kappa shape index (κ2) is 5.80. The van der Waals surface area contributed by atoms with Crippen LogP contribution < -0.4 is 10.9 Å². The molecule has 0 spiro atoms. The Hall–Kier alpha value is -3.16. The van der Waals surface area contributed by atoms with Gasteiger partial charge >= 0.3 is 11.7 Å². The van der Waals surface area contributed by atoms with E-state index in [0.717, 1.165) is 15.8 Å². The maximum atomic E-state index is 12.1. The molecule has 1 aromatic carbocycles.